The van der Waals surface area contributed by atoms with E-state index >= 15 is 0 Å². The van der Waals surface area contributed by atoms with Crippen molar-refractivity contribution in [2.45, 2.75) is 43.9 Å². The Bertz CT molecular complexity index is 871. The quantitative estimate of drug-likeness (QED) is 0.467. The summed E-state index contributed by atoms with van der Waals surface area (Å²) in [6.45, 7) is 1.39. The van der Waals surface area contributed by atoms with E-state index in [0.717, 1.165) is 7.11 Å². The molecule has 4 atom stereocenters. The number of methoxy groups -OCH3 is 1. The Morgan fingerprint density at radius 3 is 2.35 bits per heavy atom. The molecule has 0 bridgehead atoms. The van der Waals surface area contributed by atoms with Crippen molar-refractivity contribution in [2.75, 3.05) is 13.7 Å². The highest BCUT2D eigenvalue weighted by Gasteiger charge is 2.66. The molecule has 0 radical (unpaired) electrons. The summed E-state index contributed by atoms with van der Waals surface area (Å²) in [6, 6.07) is 6.10. The molecule has 1 fully saturated rings. The van der Waals surface area contributed by atoms with Crippen molar-refractivity contribution in [2.24, 2.45) is 17.4 Å². The van der Waals surface area contributed by atoms with E-state index in [-0.39, 0.29) is 31.4 Å². The Hall–Kier alpha value is -2.95. The highest BCUT2D eigenvalue weighted by Crippen LogP contribution is 2.39. The van der Waals surface area contributed by atoms with Gasteiger partial charge in [-0.25, -0.2) is 4.79 Å². The van der Waals surface area contributed by atoms with Gasteiger partial charge in [0.1, 0.15) is 11.9 Å². The highest BCUT2D eigenvalue weighted by molar-refractivity contribution is 6.23. The summed E-state index contributed by atoms with van der Waals surface area (Å²) in [5.74, 6) is -7.07. The van der Waals surface area contributed by atoms with Crippen molar-refractivity contribution in [1.29, 1.82) is 0 Å². The first-order valence-electron chi connectivity index (χ1n) is 9.86. The van der Waals surface area contributed by atoms with Crippen LogP contribution in [0.15, 0.2) is 30.3 Å². The maximum atomic E-state index is 13.5. The number of amides is 2. The van der Waals surface area contributed by atoms with E-state index in [1.54, 1.807) is 6.07 Å². The standard InChI is InChI=1S/C21H27N3O7/c1-12(23)18(27)24(19(28)13-7-4-3-5-8-13)21(20(29)30)14(9-6-10-22)15(25)11-16(31-2)17(21)26/h3-5,7-8,12,14,16H,6,9-11,22-23H2,1-2H3,(H,29,30)/t12-,14?,16?,21+/m0/s1. The van der Waals surface area contributed by atoms with Crippen molar-refractivity contribution < 1.29 is 33.8 Å². The largest absolute Gasteiger partial charge is 0.479 e. The first-order chi connectivity index (χ1) is 14.6. The minimum absolute atomic E-state index is 0.0329. The van der Waals surface area contributed by atoms with Crippen LogP contribution in [0.4, 0.5) is 0 Å². The molecule has 2 rings (SSSR count). The van der Waals surface area contributed by atoms with Crippen molar-refractivity contribution in [3.63, 3.8) is 0 Å². The van der Waals surface area contributed by atoms with E-state index in [2.05, 4.69) is 0 Å². The summed E-state index contributed by atoms with van der Waals surface area (Å²) in [4.78, 5) is 66.1. The first kappa shape index (κ1) is 24.3. The number of carbonyl (C=O) groups excluding carboxylic acids is 4. The zero-order chi connectivity index (χ0) is 23.3. The van der Waals surface area contributed by atoms with Crippen LogP contribution in [-0.2, 0) is 23.9 Å². The Morgan fingerprint density at radius 1 is 1.26 bits per heavy atom. The number of imide groups is 1. The van der Waals surface area contributed by atoms with Crippen LogP contribution in [0.2, 0.25) is 0 Å². The second-order valence-electron chi connectivity index (χ2n) is 7.45. The minimum atomic E-state index is -2.80. The van der Waals surface area contributed by atoms with Crippen LogP contribution in [0.1, 0.15) is 36.5 Å². The Labute approximate surface area is 179 Å². The monoisotopic (exact) mass is 433 g/mol. The lowest BCUT2D eigenvalue weighted by Gasteiger charge is -2.47. The van der Waals surface area contributed by atoms with Crippen molar-refractivity contribution in [3.05, 3.63) is 35.9 Å². The summed E-state index contributed by atoms with van der Waals surface area (Å²) in [5, 5.41) is 10.3. The molecule has 1 aromatic rings. The SMILES string of the molecule is COC1CC(=O)C(CCCN)[C@@](C(=O)O)(N(C(=O)c2ccccc2)C(=O)[C@H](C)N)C1=O. The normalized spacial score (nSPS) is 24.5. The molecule has 10 heteroatoms. The molecule has 0 spiro atoms. The van der Waals surface area contributed by atoms with Gasteiger partial charge in [0.2, 0.25) is 11.4 Å². The number of benzene rings is 1. The molecule has 2 unspecified atom stereocenters. The topological polar surface area (TPSA) is 170 Å². The van der Waals surface area contributed by atoms with Crippen LogP contribution < -0.4 is 11.5 Å². The van der Waals surface area contributed by atoms with Gasteiger partial charge in [0.15, 0.2) is 5.78 Å². The van der Waals surface area contributed by atoms with Crippen LogP contribution in [0, 0.1) is 5.92 Å². The van der Waals surface area contributed by atoms with Crippen molar-refractivity contribution >= 4 is 29.4 Å². The average Bonchev–Trinajstić information content (AvgIpc) is 2.75. The van der Waals surface area contributed by atoms with Crippen molar-refractivity contribution in [1.82, 2.24) is 4.90 Å². The van der Waals surface area contributed by atoms with Crippen LogP contribution in [0.3, 0.4) is 0 Å². The molecule has 0 heterocycles. The molecule has 1 aromatic carbocycles. The van der Waals surface area contributed by atoms with Crippen LogP contribution in [-0.4, -0.2) is 70.7 Å². The lowest BCUT2D eigenvalue weighted by molar-refractivity contribution is -0.177. The number of hydrogen-bond acceptors (Lipinski definition) is 8. The molecule has 0 saturated heterocycles. The fourth-order valence-corrected chi connectivity index (χ4v) is 3.91. The predicted octanol–water partition coefficient (Wildman–Crippen LogP) is -0.262. The van der Waals surface area contributed by atoms with Gasteiger partial charge >= 0.3 is 5.97 Å². The van der Waals surface area contributed by atoms with Gasteiger partial charge in [-0.05, 0) is 38.4 Å². The number of ether oxygens (including phenoxy) is 1. The number of carboxylic acid groups (broad SMARTS) is 1. The zero-order valence-corrected chi connectivity index (χ0v) is 17.4. The lowest BCUT2D eigenvalue weighted by Crippen LogP contribution is -2.74. The third kappa shape index (κ3) is 4.27. The summed E-state index contributed by atoms with van der Waals surface area (Å²) in [6.07, 6.45) is -1.69. The Kier molecular flexibility index (Phi) is 7.77. The predicted molar refractivity (Wildman–Crippen MR) is 109 cm³/mol. The fourth-order valence-electron chi connectivity index (χ4n) is 3.91. The molecule has 2 amide bonds. The molecule has 1 aliphatic carbocycles. The second-order valence-corrected chi connectivity index (χ2v) is 7.45. The summed E-state index contributed by atoms with van der Waals surface area (Å²) in [5.41, 5.74) is 8.43. The van der Waals surface area contributed by atoms with E-state index in [1.807, 2.05) is 0 Å². The molecule has 1 aliphatic rings. The molecule has 168 valence electrons. The molecule has 5 N–H and O–H groups in total. The summed E-state index contributed by atoms with van der Waals surface area (Å²) < 4.78 is 5.07. The third-order valence-corrected chi connectivity index (χ3v) is 5.44. The number of carboxylic acids is 1. The molecule has 10 nitrogen and oxygen atoms in total. The third-order valence-electron chi connectivity index (χ3n) is 5.44. The van der Waals surface area contributed by atoms with Gasteiger partial charge in [-0.2, -0.15) is 0 Å². The van der Waals surface area contributed by atoms with Gasteiger partial charge in [0.05, 0.1) is 12.0 Å². The van der Waals surface area contributed by atoms with E-state index in [0.29, 0.717) is 4.90 Å². The van der Waals surface area contributed by atoms with E-state index in [4.69, 9.17) is 16.2 Å². The van der Waals surface area contributed by atoms with Crippen LogP contribution >= 0.6 is 0 Å². The molecule has 0 aromatic heterocycles. The Balaban J connectivity index is 2.83. The van der Waals surface area contributed by atoms with E-state index in [1.165, 1.54) is 31.2 Å². The van der Waals surface area contributed by atoms with Gasteiger partial charge in [-0.15, -0.1) is 0 Å². The highest BCUT2D eigenvalue weighted by atomic mass is 16.5. The van der Waals surface area contributed by atoms with Gasteiger partial charge < -0.3 is 21.3 Å². The zero-order valence-electron chi connectivity index (χ0n) is 17.4. The maximum absolute atomic E-state index is 13.5. The smallest absolute Gasteiger partial charge is 0.338 e. The molecular weight excluding hydrogens is 406 g/mol. The van der Waals surface area contributed by atoms with E-state index in [9.17, 15) is 29.1 Å². The summed E-state index contributed by atoms with van der Waals surface area (Å²) >= 11 is 0. The summed E-state index contributed by atoms with van der Waals surface area (Å²) in [7, 11) is 1.15. The molecule has 0 aliphatic heterocycles. The fraction of sp³-hybridized carbons (Fsp3) is 0.476. The maximum Gasteiger partial charge on any atom is 0.338 e. The number of ketones is 2. The number of hydrogen-bond donors (Lipinski definition) is 3. The van der Waals surface area contributed by atoms with Gasteiger partial charge in [0, 0.05) is 19.1 Å². The number of nitrogens with two attached hydrogens (primary N) is 2. The molecule has 31 heavy (non-hydrogen) atoms. The number of carbonyl (C=O) groups is 5. The van der Waals surface area contributed by atoms with Crippen LogP contribution in [0.5, 0.6) is 0 Å². The number of rotatable bonds is 8. The van der Waals surface area contributed by atoms with E-state index < -0.39 is 53.0 Å². The van der Waals surface area contributed by atoms with Gasteiger partial charge in [-0.1, -0.05) is 18.2 Å². The number of nitrogens with zero attached hydrogens (tertiary/aromatic N) is 1. The Morgan fingerprint density at radius 2 is 1.87 bits per heavy atom. The second kappa shape index (κ2) is 9.90. The van der Waals surface area contributed by atoms with Crippen LogP contribution in [0.25, 0.3) is 0 Å². The number of Topliss-reactive ketones (excluding diaryl/α,β-unsaturated/α-hetero) is 2. The lowest BCUT2D eigenvalue weighted by atomic mass is 9.66. The van der Waals surface area contributed by atoms with Gasteiger partial charge in [-0.3, -0.25) is 24.1 Å². The van der Waals surface area contributed by atoms with Gasteiger partial charge in [0.25, 0.3) is 5.91 Å². The molecule has 1 saturated carbocycles. The minimum Gasteiger partial charge on any atom is -0.479 e. The number of aliphatic carboxylic acids is 1. The average molecular weight is 433 g/mol. The molecular formula is C21H27N3O7. The van der Waals surface area contributed by atoms with Crippen molar-refractivity contribution in [3.8, 4) is 0 Å². The first-order valence-corrected chi connectivity index (χ1v) is 9.86.